The molecule has 112 valence electrons. The molecule has 0 aliphatic heterocycles. The summed E-state index contributed by atoms with van der Waals surface area (Å²) in [5.41, 5.74) is 7.48. The van der Waals surface area contributed by atoms with Gasteiger partial charge in [-0.05, 0) is 42.3 Å². The lowest BCUT2D eigenvalue weighted by atomic mass is 10.1. The molecule has 2 aromatic carbocycles. The summed E-state index contributed by atoms with van der Waals surface area (Å²) >= 11 is 5.64. The molecule has 0 saturated carbocycles. The quantitative estimate of drug-likeness (QED) is 0.905. The second-order valence-electron chi connectivity index (χ2n) is 4.74. The van der Waals surface area contributed by atoms with E-state index in [2.05, 4.69) is 0 Å². The summed E-state index contributed by atoms with van der Waals surface area (Å²) in [7, 11) is 1.56. The van der Waals surface area contributed by atoms with Crippen LogP contribution >= 0.6 is 11.6 Å². The van der Waals surface area contributed by atoms with Crippen LogP contribution in [0.3, 0.4) is 0 Å². The van der Waals surface area contributed by atoms with Crippen molar-refractivity contribution < 1.29 is 13.9 Å². The Balaban J connectivity index is 2.13. The minimum absolute atomic E-state index is 0.0849. The predicted molar refractivity (Wildman–Crippen MR) is 81.3 cm³/mol. The van der Waals surface area contributed by atoms with Gasteiger partial charge in [0.1, 0.15) is 12.4 Å². The van der Waals surface area contributed by atoms with Crippen LogP contribution < -0.4 is 15.2 Å². The van der Waals surface area contributed by atoms with Crippen molar-refractivity contribution in [3.8, 4) is 11.5 Å². The molecular weight excluding hydrogens is 293 g/mol. The summed E-state index contributed by atoms with van der Waals surface area (Å²) < 4.78 is 24.3. The van der Waals surface area contributed by atoms with Crippen LogP contribution in [0.5, 0.6) is 11.5 Å². The van der Waals surface area contributed by atoms with E-state index in [0.717, 1.165) is 5.56 Å². The summed E-state index contributed by atoms with van der Waals surface area (Å²) in [5, 5.41) is 0.0950. The topological polar surface area (TPSA) is 44.5 Å². The zero-order valence-corrected chi connectivity index (χ0v) is 12.7. The second kappa shape index (κ2) is 6.78. The Morgan fingerprint density at radius 3 is 2.57 bits per heavy atom. The summed E-state index contributed by atoms with van der Waals surface area (Å²) in [6.45, 7) is 2.12. The largest absolute Gasteiger partial charge is 0.493 e. The van der Waals surface area contributed by atoms with Crippen molar-refractivity contribution in [3.05, 3.63) is 58.4 Å². The lowest BCUT2D eigenvalue weighted by molar-refractivity contribution is 0.284. The second-order valence-corrected chi connectivity index (χ2v) is 5.14. The van der Waals surface area contributed by atoms with Crippen LogP contribution in [0.1, 0.15) is 24.1 Å². The van der Waals surface area contributed by atoms with E-state index >= 15 is 0 Å². The predicted octanol–water partition coefficient (Wildman–Crippen LogP) is 4.09. The molecule has 0 bridgehead atoms. The minimum Gasteiger partial charge on any atom is -0.493 e. The highest BCUT2D eigenvalue weighted by atomic mass is 35.5. The Morgan fingerprint density at radius 1 is 1.19 bits per heavy atom. The Morgan fingerprint density at radius 2 is 1.95 bits per heavy atom. The van der Waals surface area contributed by atoms with Gasteiger partial charge in [0.05, 0.1) is 12.1 Å². The van der Waals surface area contributed by atoms with Crippen molar-refractivity contribution in [2.75, 3.05) is 7.11 Å². The first kappa shape index (κ1) is 15.6. The lowest BCUT2D eigenvalue weighted by Crippen LogP contribution is -2.05. The Kier molecular flexibility index (Phi) is 5.04. The molecule has 0 aliphatic carbocycles. The van der Waals surface area contributed by atoms with Gasteiger partial charge in [0, 0.05) is 6.04 Å². The third kappa shape index (κ3) is 3.86. The van der Waals surface area contributed by atoms with Crippen LogP contribution in [0.2, 0.25) is 5.02 Å². The average Bonchev–Trinajstić information content (AvgIpc) is 2.48. The van der Waals surface area contributed by atoms with Crippen molar-refractivity contribution in [1.82, 2.24) is 0 Å². The maximum atomic E-state index is 13.4. The van der Waals surface area contributed by atoms with Gasteiger partial charge in [0.25, 0.3) is 0 Å². The SMILES string of the molecule is COc1cc([C@@H](C)N)ccc1OCc1ccc(Cl)c(F)c1. The Hall–Kier alpha value is -1.78. The highest BCUT2D eigenvalue weighted by Gasteiger charge is 2.09. The molecule has 2 N–H and O–H groups in total. The molecule has 0 unspecified atom stereocenters. The van der Waals surface area contributed by atoms with Gasteiger partial charge in [-0.15, -0.1) is 0 Å². The van der Waals surface area contributed by atoms with Crippen molar-refractivity contribution in [2.45, 2.75) is 19.6 Å². The first-order chi connectivity index (χ1) is 10.0. The van der Waals surface area contributed by atoms with Crippen LogP contribution in [-0.2, 0) is 6.61 Å². The van der Waals surface area contributed by atoms with E-state index in [4.69, 9.17) is 26.8 Å². The van der Waals surface area contributed by atoms with E-state index < -0.39 is 5.82 Å². The summed E-state index contributed by atoms with van der Waals surface area (Å²) in [4.78, 5) is 0. The smallest absolute Gasteiger partial charge is 0.161 e. The first-order valence-electron chi connectivity index (χ1n) is 6.51. The van der Waals surface area contributed by atoms with E-state index in [1.54, 1.807) is 19.2 Å². The standard InChI is InChI=1S/C16H17ClFNO2/c1-10(19)12-4-6-15(16(8-12)20-2)21-9-11-3-5-13(17)14(18)7-11/h3-8,10H,9,19H2,1-2H3/t10-/m1/s1. The Bertz CT molecular complexity index is 632. The zero-order chi connectivity index (χ0) is 15.4. The monoisotopic (exact) mass is 309 g/mol. The average molecular weight is 310 g/mol. The van der Waals surface area contributed by atoms with Gasteiger partial charge in [-0.2, -0.15) is 0 Å². The lowest BCUT2D eigenvalue weighted by Gasteiger charge is -2.13. The van der Waals surface area contributed by atoms with E-state index in [-0.39, 0.29) is 17.7 Å². The molecule has 0 radical (unpaired) electrons. The number of hydrogen-bond donors (Lipinski definition) is 1. The molecule has 0 fully saturated rings. The van der Waals surface area contributed by atoms with Crippen molar-refractivity contribution in [1.29, 1.82) is 0 Å². The van der Waals surface area contributed by atoms with Crippen molar-refractivity contribution in [2.24, 2.45) is 5.73 Å². The van der Waals surface area contributed by atoms with Crippen LogP contribution in [0, 0.1) is 5.82 Å². The van der Waals surface area contributed by atoms with E-state index in [1.807, 2.05) is 19.1 Å². The molecule has 3 nitrogen and oxygen atoms in total. The van der Waals surface area contributed by atoms with Crippen LogP contribution in [0.4, 0.5) is 4.39 Å². The Labute approximate surface area is 128 Å². The van der Waals surface area contributed by atoms with Crippen LogP contribution in [0.25, 0.3) is 0 Å². The van der Waals surface area contributed by atoms with Gasteiger partial charge in [-0.25, -0.2) is 4.39 Å². The number of rotatable bonds is 5. The third-order valence-corrected chi connectivity index (χ3v) is 3.40. The molecule has 0 saturated heterocycles. The molecule has 0 amide bonds. The van der Waals surface area contributed by atoms with E-state index in [9.17, 15) is 4.39 Å². The molecular formula is C16H17ClFNO2. The molecule has 2 aromatic rings. The third-order valence-electron chi connectivity index (χ3n) is 3.09. The summed E-state index contributed by atoms with van der Waals surface area (Å²) in [5.74, 6) is 0.716. The van der Waals surface area contributed by atoms with E-state index in [0.29, 0.717) is 17.1 Å². The van der Waals surface area contributed by atoms with Crippen molar-refractivity contribution in [3.63, 3.8) is 0 Å². The molecule has 5 heteroatoms. The van der Waals surface area contributed by atoms with Gasteiger partial charge in [0.15, 0.2) is 11.5 Å². The number of nitrogens with two attached hydrogens (primary N) is 1. The van der Waals surface area contributed by atoms with Gasteiger partial charge in [-0.1, -0.05) is 23.7 Å². The van der Waals surface area contributed by atoms with E-state index in [1.165, 1.54) is 12.1 Å². The normalized spacial score (nSPS) is 12.0. The first-order valence-corrected chi connectivity index (χ1v) is 6.89. The number of halogens is 2. The van der Waals surface area contributed by atoms with Crippen molar-refractivity contribution >= 4 is 11.6 Å². The minimum atomic E-state index is -0.461. The fourth-order valence-electron chi connectivity index (χ4n) is 1.88. The fourth-order valence-corrected chi connectivity index (χ4v) is 1.99. The van der Waals surface area contributed by atoms with Gasteiger partial charge in [-0.3, -0.25) is 0 Å². The fraction of sp³-hybridized carbons (Fsp3) is 0.250. The summed E-state index contributed by atoms with van der Waals surface area (Å²) in [6, 6.07) is 10.0. The highest BCUT2D eigenvalue weighted by Crippen LogP contribution is 2.30. The van der Waals surface area contributed by atoms with Crippen LogP contribution in [-0.4, -0.2) is 7.11 Å². The maximum Gasteiger partial charge on any atom is 0.161 e. The number of hydrogen-bond acceptors (Lipinski definition) is 3. The number of methoxy groups -OCH3 is 1. The van der Waals surface area contributed by atoms with Gasteiger partial charge >= 0.3 is 0 Å². The van der Waals surface area contributed by atoms with Gasteiger partial charge in [0.2, 0.25) is 0 Å². The molecule has 0 spiro atoms. The molecule has 2 rings (SSSR count). The zero-order valence-electron chi connectivity index (χ0n) is 11.9. The molecule has 1 atom stereocenters. The number of ether oxygens (including phenoxy) is 2. The van der Waals surface area contributed by atoms with Gasteiger partial charge < -0.3 is 15.2 Å². The molecule has 21 heavy (non-hydrogen) atoms. The van der Waals surface area contributed by atoms with Crippen LogP contribution in [0.15, 0.2) is 36.4 Å². The number of benzene rings is 2. The molecule has 0 aromatic heterocycles. The maximum absolute atomic E-state index is 13.4. The highest BCUT2D eigenvalue weighted by molar-refractivity contribution is 6.30. The molecule has 0 aliphatic rings. The molecule has 0 heterocycles. The summed E-state index contributed by atoms with van der Waals surface area (Å²) in [6.07, 6.45) is 0.